The molecule has 0 aliphatic carbocycles. The summed E-state index contributed by atoms with van der Waals surface area (Å²) < 4.78 is 0. The molecule has 6 heteroatoms. The summed E-state index contributed by atoms with van der Waals surface area (Å²) in [4.78, 5) is 12.0. The molecule has 1 aromatic carbocycles. The minimum Gasteiger partial charge on any atom is -0.307 e. The molecule has 2 amide bonds. The monoisotopic (exact) mass is 304 g/mol. The van der Waals surface area contributed by atoms with Crippen molar-refractivity contribution in [2.45, 2.75) is 34.1 Å². The van der Waals surface area contributed by atoms with E-state index in [-0.39, 0.29) is 6.03 Å². The van der Waals surface area contributed by atoms with Crippen LogP contribution in [0.25, 0.3) is 0 Å². The zero-order chi connectivity index (χ0) is 15.4. The van der Waals surface area contributed by atoms with Crippen molar-refractivity contribution in [3.05, 3.63) is 34.3 Å². The van der Waals surface area contributed by atoms with Crippen LogP contribution in [0.15, 0.2) is 18.2 Å². The van der Waals surface area contributed by atoms with Gasteiger partial charge in [-0.15, -0.1) is 10.2 Å². The number of urea groups is 1. The molecule has 2 aromatic rings. The van der Waals surface area contributed by atoms with Gasteiger partial charge in [0.2, 0.25) is 5.13 Å². The van der Waals surface area contributed by atoms with E-state index < -0.39 is 0 Å². The molecule has 0 radical (unpaired) electrons. The van der Waals surface area contributed by atoms with Gasteiger partial charge in [0.1, 0.15) is 5.01 Å². The van der Waals surface area contributed by atoms with E-state index in [0.29, 0.717) is 11.0 Å². The highest BCUT2D eigenvalue weighted by molar-refractivity contribution is 7.15. The van der Waals surface area contributed by atoms with Crippen molar-refractivity contribution in [2.24, 2.45) is 5.92 Å². The molecule has 0 saturated carbocycles. The molecule has 0 saturated heterocycles. The standard InChI is InChI=1S/C15H20N4OS/c1-9(2)7-13-18-19-15(21-13)17-14(20)16-12-8-10(3)5-6-11(12)4/h5-6,8-9H,7H2,1-4H3,(H2,16,17,19,20). The number of aryl methyl sites for hydroxylation is 2. The zero-order valence-electron chi connectivity index (χ0n) is 12.7. The Labute approximate surface area is 128 Å². The average molecular weight is 304 g/mol. The van der Waals surface area contributed by atoms with Crippen LogP contribution in [0, 0.1) is 19.8 Å². The van der Waals surface area contributed by atoms with Gasteiger partial charge in [0.25, 0.3) is 0 Å². The molecule has 112 valence electrons. The largest absolute Gasteiger partial charge is 0.325 e. The molecule has 0 fully saturated rings. The molecule has 1 aromatic heterocycles. The maximum Gasteiger partial charge on any atom is 0.325 e. The van der Waals surface area contributed by atoms with E-state index in [0.717, 1.165) is 28.2 Å². The van der Waals surface area contributed by atoms with Gasteiger partial charge < -0.3 is 5.32 Å². The Hall–Kier alpha value is -1.95. The van der Waals surface area contributed by atoms with Crippen molar-refractivity contribution >= 4 is 28.2 Å². The molecule has 2 rings (SSSR count). The molecule has 0 bridgehead atoms. The number of anilines is 2. The zero-order valence-corrected chi connectivity index (χ0v) is 13.5. The van der Waals surface area contributed by atoms with Crippen LogP contribution in [0.5, 0.6) is 0 Å². The van der Waals surface area contributed by atoms with Gasteiger partial charge in [0, 0.05) is 12.1 Å². The number of amides is 2. The lowest BCUT2D eigenvalue weighted by Gasteiger charge is -2.09. The molecule has 0 unspecified atom stereocenters. The van der Waals surface area contributed by atoms with Crippen LogP contribution in [0.4, 0.5) is 15.6 Å². The highest BCUT2D eigenvalue weighted by Gasteiger charge is 2.10. The normalized spacial score (nSPS) is 10.7. The summed E-state index contributed by atoms with van der Waals surface area (Å²) >= 11 is 1.41. The molecule has 0 atom stereocenters. The maximum atomic E-state index is 12.0. The van der Waals surface area contributed by atoms with E-state index in [2.05, 4.69) is 34.7 Å². The van der Waals surface area contributed by atoms with Crippen LogP contribution in [-0.2, 0) is 6.42 Å². The summed E-state index contributed by atoms with van der Waals surface area (Å²) in [5.41, 5.74) is 2.93. The van der Waals surface area contributed by atoms with Gasteiger partial charge in [-0.05, 0) is 37.0 Å². The summed E-state index contributed by atoms with van der Waals surface area (Å²) in [5, 5.41) is 15.1. The number of aromatic nitrogens is 2. The molecular weight excluding hydrogens is 284 g/mol. The Bertz CT molecular complexity index is 636. The van der Waals surface area contributed by atoms with Crippen LogP contribution in [0.3, 0.4) is 0 Å². The highest BCUT2D eigenvalue weighted by atomic mass is 32.1. The number of hydrogen-bond donors (Lipinski definition) is 2. The lowest BCUT2D eigenvalue weighted by Crippen LogP contribution is -2.19. The Morgan fingerprint density at radius 2 is 2.00 bits per heavy atom. The van der Waals surface area contributed by atoms with E-state index in [1.807, 2.05) is 32.0 Å². The van der Waals surface area contributed by atoms with Gasteiger partial charge >= 0.3 is 6.03 Å². The number of rotatable bonds is 4. The highest BCUT2D eigenvalue weighted by Crippen LogP contribution is 2.20. The first-order valence-corrected chi connectivity index (χ1v) is 7.73. The second-order valence-corrected chi connectivity index (χ2v) is 6.56. The lowest BCUT2D eigenvalue weighted by molar-refractivity contribution is 0.262. The fraction of sp³-hybridized carbons (Fsp3) is 0.400. The van der Waals surface area contributed by atoms with Gasteiger partial charge in [-0.25, -0.2) is 4.79 Å². The van der Waals surface area contributed by atoms with E-state index in [9.17, 15) is 4.79 Å². The third-order valence-corrected chi connectivity index (χ3v) is 3.77. The third-order valence-electron chi connectivity index (χ3n) is 2.91. The lowest BCUT2D eigenvalue weighted by atomic mass is 10.1. The molecule has 0 spiro atoms. The second-order valence-electron chi connectivity index (χ2n) is 5.50. The van der Waals surface area contributed by atoms with Gasteiger partial charge in [0.15, 0.2) is 0 Å². The molecular formula is C15H20N4OS. The number of benzene rings is 1. The first-order chi connectivity index (χ1) is 9.94. The molecule has 5 nitrogen and oxygen atoms in total. The topological polar surface area (TPSA) is 66.9 Å². The summed E-state index contributed by atoms with van der Waals surface area (Å²) in [6.07, 6.45) is 0.873. The number of nitrogens with one attached hydrogen (secondary N) is 2. The maximum absolute atomic E-state index is 12.0. The Morgan fingerprint density at radius 1 is 1.24 bits per heavy atom. The van der Waals surface area contributed by atoms with Crippen LogP contribution < -0.4 is 10.6 Å². The van der Waals surface area contributed by atoms with Crippen molar-refractivity contribution in [1.82, 2.24) is 10.2 Å². The molecule has 21 heavy (non-hydrogen) atoms. The Balaban J connectivity index is 1.98. The predicted octanol–water partition coefficient (Wildman–Crippen LogP) is 4.00. The van der Waals surface area contributed by atoms with Crippen molar-refractivity contribution in [3.63, 3.8) is 0 Å². The fourth-order valence-corrected chi connectivity index (χ4v) is 2.80. The summed E-state index contributed by atoms with van der Waals surface area (Å²) in [7, 11) is 0. The molecule has 1 heterocycles. The third kappa shape index (κ3) is 4.53. The van der Waals surface area contributed by atoms with Gasteiger partial charge in [-0.1, -0.05) is 37.3 Å². The van der Waals surface area contributed by atoms with E-state index in [4.69, 9.17) is 0 Å². The summed E-state index contributed by atoms with van der Waals surface area (Å²) in [6, 6.07) is 5.65. The Kier molecular flexibility index (Phi) is 4.90. The van der Waals surface area contributed by atoms with Crippen LogP contribution in [0.2, 0.25) is 0 Å². The van der Waals surface area contributed by atoms with Crippen LogP contribution >= 0.6 is 11.3 Å². The van der Waals surface area contributed by atoms with Crippen molar-refractivity contribution in [3.8, 4) is 0 Å². The minimum absolute atomic E-state index is 0.295. The van der Waals surface area contributed by atoms with E-state index in [1.54, 1.807) is 0 Å². The first-order valence-electron chi connectivity index (χ1n) is 6.91. The molecule has 0 aliphatic heterocycles. The van der Waals surface area contributed by atoms with E-state index >= 15 is 0 Å². The number of carbonyl (C=O) groups is 1. The van der Waals surface area contributed by atoms with Gasteiger partial charge in [-0.2, -0.15) is 0 Å². The first kappa shape index (κ1) is 15.4. The van der Waals surface area contributed by atoms with Crippen LogP contribution in [-0.4, -0.2) is 16.2 Å². The van der Waals surface area contributed by atoms with Crippen molar-refractivity contribution in [1.29, 1.82) is 0 Å². The van der Waals surface area contributed by atoms with Gasteiger partial charge in [0.05, 0.1) is 0 Å². The van der Waals surface area contributed by atoms with Crippen LogP contribution in [0.1, 0.15) is 30.0 Å². The SMILES string of the molecule is Cc1ccc(C)c(NC(=O)Nc2nnc(CC(C)C)s2)c1. The van der Waals surface area contributed by atoms with Crippen molar-refractivity contribution < 1.29 is 4.79 Å². The quantitative estimate of drug-likeness (QED) is 0.897. The minimum atomic E-state index is -0.295. The summed E-state index contributed by atoms with van der Waals surface area (Å²) in [6.45, 7) is 8.20. The summed E-state index contributed by atoms with van der Waals surface area (Å²) in [5.74, 6) is 0.523. The second kappa shape index (κ2) is 6.67. The molecule has 2 N–H and O–H groups in total. The number of carbonyl (C=O) groups excluding carboxylic acids is 1. The van der Waals surface area contributed by atoms with Gasteiger partial charge in [-0.3, -0.25) is 5.32 Å². The fourth-order valence-electron chi connectivity index (χ4n) is 1.86. The average Bonchev–Trinajstić information content (AvgIpc) is 2.80. The number of nitrogens with zero attached hydrogens (tertiary/aromatic N) is 2. The number of hydrogen-bond acceptors (Lipinski definition) is 4. The smallest absolute Gasteiger partial charge is 0.307 e. The molecule has 0 aliphatic rings. The van der Waals surface area contributed by atoms with Crippen molar-refractivity contribution in [2.75, 3.05) is 10.6 Å². The Morgan fingerprint density at radius 3 is 2.71 bits per heavy atom. The predicted molar refractivity (Wildman–Crippen MR) is 87.0 cm³/mol. The van der Waals surface area contributed by atoms with E-state index in [1.165, 1.54) is 11.3 Å².